The van der Waals surface area contributed by atoms with Gasteiger partial charge < -0.3 is 4.74 Å². The van der Waals surface area contributed by atoms with E-state index in [4.69, 9.17) is 4.74 Å². The number of ether oxygens (including phenoxy) is 1. The molecule has 0 N–H and O–H groups in total. The summed E-state index contributed by atoms with van der Waals surface area (Å²) in [4.78, 5) is 11.9. The van der Waals surface area contributed by atoms with Crippen molar-refractivity contribution in [3.63, 3.8) is 0 Å². The van der Waals surface area contributed by atoms with Gasteiger partial charge in [-0.15, -0.1) is 0 Å². The van der Waals surface area contributed by atoms with Gasteiger partial charge in [0.25, 0.3) is 0 Å². The molecular formula is C15H22O2. The molecule has 2 heteroatoms. The minimum absolute atomic E-state index is 0.0938. The van der Waals surface area contributed by atoms with E-state index < -0.39 is 0 Å². The predicted molar refractivity (Wildman–Crippen MR) is 70.6 cm³/mol. The first-order chi connectivity index (χ1) is 8.08. The van der Waals surface area contributed by atoms with Gasteiger partial charge in [-0.25, -0.2) is 0 Å². The van der Waals surface area contributed by atoms with Gasteiger partial charge in [-0.2, -0.15) is 0 Å². The Morgan fingerprint density at radius 3 is 2.18 bits per heavy atom. The zero-order valence-corrected chi connectivity index (χ0v) is 11.2. The van der Waals surface area contributed by atoms with Crippen LogP contribution in [0.2, 0.25) is 0 Å². The van der Waals surface area contributed by atoms with Crippen molar-refractivity contribution in [2.45, 2.75) is 46.6 Å². The number of hydrogen-bond acceptors (Lipinski definition) is 2. The van der Waals surface area contributed by atoms with E-state index in [2.05, 4.69) is 6.92 Å². The Kier molecular flexibility index (Phi) is 5.20. The number of rotatable bonds is 6. The van der Waals surface area contributed by atoms with Crippen LogP contribution in [0.4, 0.5) is 0 Å². The van der Waals surface area contributed by atoms with Gasteiger partial charge >= 0.3 is 0 Å². The lowest BCUT2D eigenvalue weighted by molar-refractivity contribution is 0.0927. The molecular weight excluding hydrogens is 212 g/mol. The molecule has 0 spiro atoms. The van der Waals surface area contributed by atoms with E-state index in [9.17, 15) is 4.79 Å². The average molecular weight is 234 g/mol. The minimum atomic E-state index is 0.0938. The number of carbonyl (C=O) groups excluding carboxylic acids is 1. The summed E-state index contributed by atoms with van der Waals surface area (Å²) < 4.78 is 5.67. The lowest BCUT2D eigenvalue weighted by Gasteiger charge is -2.13. The first-order valence-corrected chi connectivity index (χ1v) is 6.39. The molecule has 0 aliphatic heterocycles. The molecule has 1 rings (SSSR count). The standard InChI is InChI=1S/C15H22O2/c1-5-11(3)15(16)13-7-9-14(10-8-13)17-12(4)6-2/h7-12H,5-6H2,1-4H3. The lowest BCUT2D eigenvalue weighted by atomic mass is 9.97. The van der Waals surface area contributed by atoms with Crippen LogP contribution in [0.15, 0.2) is 24.3 Å². The topological polar surface area (TPSA) is 26.3 Å². The van der Waals surface area contributed by atoms with Crippen molar-refractivity contribution in [2.24, 2.45) is 5.92 Å². The van der Waals surface area contributed by atoms with Crippen molar-refractivity contribution in [1.29, 1.82) is 0 Å². The predicted octanol–water partition coefficient (Wildman–Crippen LogP) is 4.09. The molecule has 0 amide bonds. The number of ketones is 1. The molecule has 0 aliphatic carbocycles. The van der Waals surface area contributed by atoms with Gasteiger partial charge in [-0.1, -0.05) is 20.8 Å². The van der Waals surface area contributed by atoms with Crippen LogP contribution >= 0.6 is 0 Å². The monoisotopic (exact) mass is 234 g/mol. The van der Waals surface area contributed by atoms with Crippen LogP contribution < -0.4 is 4.74 Å². The summed E-state index contributed by atoms with van der Waals surface area (Å²) in [5.74, 6) is 1.14. The van der Waals surface area contributed by atoms with E-state index in [0.29, 0.717) is 0 Å². The molecule has 1 aromatic rings. The summed E-state index contributed by atoms with van der Waals surface area (Å²) >= 11 is 0. The molecule has 2 atom stereocenters. The van der Waals surface area contributed by atoms with Crippen LogP contribution in [0.5, 0.6) is 5.75 Å². The van der Waals surface area contributed by atoms with Crippen LogP contribution in [0.3, 0.4) is 0 Å². The molecule has 0 saturated carbocycles. The Bertz CT molecular complexity index is 354. The van der Waals surface area contributed by atoms with Gasteiger partial charge in [-0.3, -0.25) is 4.79 Å². The summed E-state index contributed by atoms with van der Waals surface area (Å²) in [6, 6.07) is 7.46. The van der Waals surface area contributed by atoms with E-state index in [1.165, 1.54) is 0 Å². The van der Waals surface area contributed by atoms with Crippen LogP contribution in [0.1, 0.15) is 50.9 Å². The van der Waals surface area contributed by atoms with E-state index in [1.54, 1.807) is 0 Å². The second-order valence-electron chi connectivity index (χ2n) is 4.53. The van der Waals surface area contributed by atoms with Crippen LogP contribution in [0, 0.1) is 5.92 Å². The highest BCUT2D eigenvalue weighted by molar-refractivity contribution is 5.97. The molecule has 17 heavy (non-hydrogen) atoms. The van der Waals surface area contributed by atoms with E-state index in [1.807, 2.05) is 45.0 Å². The maximum absolute atomic E-state index is 11.9. The fourth-order valence-electron chi connectivity index (χ4n) is 1.48. The van der Waals surface area contributed by atoms with E-state index in [-0.39, 0.29) is 17.8 Å². The quantitative estimate of drug-likeness (QED) is 0.693. The first-order valence-electron chi connectivity index (χ1n) is 6.39. The largest absolute Gasteiger partial charge is 0.491 e. The maximum atomic E-state index is 11.9. The fourth-order valence-corrected chi connectivity index (χ4v) is 1.48. The van der Waals surface area contributed by atoms with Gasteiger partial charge in [0.2, 0.25) is 0 Å². The summed E-state index contributed by atoms with van der Waals surface area (Å²) in [6.07, 6.45) is 2.07. The molecule has 0 heterocycles. The van der Waals surface area contributed by atoms with Crippen LogP contribution in [-0.2, 0) is 0 Å². The number of Topliss-reactive ketones (excluding diaryl/α,β-unsaturated/α-hetero) is 1. The highest BCUT2D eigenvalue weighted by Crippen LogP contribution is 2.18. The molecule has 94 valence electrons. The van der Waals surface area contributed by atoms with E-state index >= 15 is 0 Å². The molecule has 2 nitrogen and oxygen atoms in total. The molecule has 0 aliphatic rings. The Labute approximate surface area is 104 Å². The van der Waals surface area contributed by atoms with Gasteiger partial charge in [0.05, 0.1) is 6.10 Å². The van der Waals surface area contributed by atoms with Crippen molar-refractivity contribution in [1.82, 2.24) is 0 Å². The normalized spacial score (nSPS) is 14.1. The van der Waals surface area contributed by atoms with Gasteiger partial charge in [0.15, 0.2) is 5.78 Å². The summed E-state index contributed by atoms with van der Waals surface area (Å²) in [5, 5.41) is 0. The Morgan fingerprint density at radius 1 is 1.12 bits per heavy atom. The second-order valence-corrected chi connectivity index (χ2v) is 4.53. The zero-order chi connectivity index (χ0) is 12.8. The molecule has 2 unspecified atom stereocenters. The third-order valence-corrected chi connectivity index (χ3v) is 3.11. The summed E-state index contributed by atoms with van der Waals surface area (Å²) in [6.45, 7) is 8.12. The van der Waals surface area contributed by atoms with Crippen LogP contribution in [0.25, 0.3) is 0 Å². The van der Waals surface area contributed by atoms with Gasteiger partial charge in [-0.05, 0) is 44.0 Å². The average Bonchev–Trinajstić information content (AvgIpc) is 2.37. The highest BCUT2D eigenvalue weighted by Gasteiger charge is 2.13. The van der Waals surface area contributed by atoms with Gasteiger partial charge in [0.1, 0.15) is 5.75 Å². The third kappa shape index (κ3) is 3.88. The summed E-state index contributed by atoms with van der Waals surface area (Å²) in [5.41, 5.74) is 0.774. The molecule has 1 aromatic carbocycles. The van der Waals surface area contributed by atoms with Crippen molar-refractivity contribution in [2.75, 3.05) is 0 Å². The Balaban J connectivity index is 2.71. The van der Waals surface area contributed by atoms with E-state index in [0.717, 1.165) is 24.2 Å². The molecule has 0 fully saturated rings. The molecule has 0 radical (unpaired) electrons. The van der Waals surface area contributed by atoms with Crippen LogP contribution in [-0.4, -0.2) is 11.9 Å². The number of hydrogen-bond donors (Lipinski definition) is 0. The molecule has 0 saturated heterocycles. The zero-order valence-electron chi connectivity index (χ0n) is 11.2. The molecule has 0 bridgehead atoms. The Morgan fingerprint density at radius 2 is 1.71 bits per heavy atom. The maximum Gasteiger partial charge on any atom is 0.165 e. The van der Waals surface area contributed by atoms with Crippen molar-refractivity contribution in [3.8, 4) is 5.75 Å². The number of carbonyl (C=O) groups is 1. The first kappa shape index (κ1) is 13.8. The molecule has 0 aromatic heterocycles. The van der Waals surface area contributed by atoms with Gasteiger partial charge in [0, 0.05) is 11.5 Å². The summed E-state index contributed by atoms with van der Waals surface area (Å²) in [7, 11) is 0. The number of benzene rings is 1. The van der Waals surface area contributed by atoms with Crippen molar-refractivity contribution >= 4 is 5.78 Å². The second kappa shape index (κ2) is 6.43. The Hall–Kier alpha value is -1.31. The smallest absolute Gasteiger partial charge is 0.165 e. The SMILES string of the molecule is CCC(C)Oc1ccc(C(=O)C(C)CC)cc1. The third-order valence-electron chi connectivity index (χ3n) is 3.11. The fraction of sp³-hybridized carbons (Fsp3) is 0.533. The lowest BCUT2D eigenvalue weighted by Crippen LogP contribution is -2.11. The highest BCUT2D eigenvalue weighted by atomic mass is 16.5. The van der Waals surface area contributed by atoms with Crippen molar-refractivity contribution < 1.29 is 9.53 Å². The van der Waals surface area contributed by atoms with Crippen molar-refractivity contribution in [3.05, 3.63) is 29.8 Å². The minimum Gasteiger partial charge on any atom is -0.491 e.